The van der Waals surface area contributed by atoms with Crippen LogP contribution in [0.25, 0.3) is 0 Å². The molecule has 0 aliphatic rings. The first-order chi connectivity index (χ1) is 8.06. The fraction of sp³-hybridized carbons (Fsp3) is 0.0909. The molecule has 0 amide bonds. The maximum absolute atomic E-state index is 12.1. The molecule has 2 rings (SSSR count). The second-order valence-corrected chi connectivity index (χ2v) is 7.78. The molecule has 0 saturated carbocycles. The van der Waals surface area contributed by atoms with Crippen LogP contribution in [0.15, 0.2) is 39.0 Å². The normalized spacial score (nSPS) is 12.6. The lowest BCUT2D eigenvalue weighted by Gasteiger charge is -2.05. The van der Waals surface area contributed by atoms with Gasteiger partial charge < -0.3 is 5.73 Å². The third-order valence-electron chi connectivity index (χ3n) is 2.12. The number of nitrogens with two attached hydrogens (primary N) is 1. The van der Waals surface area contributed by atoms with E-state index in [0.29, 0.717) is 21.4 Å². The number of hydrogen-bond donors (Lipinski definition) is 1. The predicted octanol–water partition coefficient (Wildman–Crippen LogP) is 4.05. The van der Waals surface area contributed by atoms with Crippen molar-refractivity contribution in [2.75, 3.05) is 5.73 Å². The van der Waals surface area contributed by atoms with E-state index < -0.39 is 10.8 Å². The van der Waals surface area contributed by atoms with E-state index in [2.05, 4.69) is 15.9 Å². The average Bonchev–Trinajstić information content (AvgIpc) is 2.63. The molecule has 0 aliphatic heterocycles. The fourth-order valence-electron chi connectivity index (χ4n) is 1.36. The van der Waals surface area contributed by atoms with Gasteiger partial charge in [-0.3, -0.25) is 4.21 Å². The molecule has 2 aromatic rings. The SMILES string of the molecule is Nc1cc(Cl)ccc1S(=O)Cc1ccc(Br)s1. The van der Waals surface area contributed by atoms with E-state index in [1.807, 2.05) is 12.1 Å². The molecule has 6 heteroatoms. The van der Waals surface area contributed by atoms with Gasteiger partial charge in [-0.1, -0.05) is 11.6 Å². The zero-order valence-electron chi connectivity index (χ0n) is 8.65. The molecular weight excluding hydrogens is 342 g/mol. The van der Waals surface area contributed by atoms with Gasteiger partial charge in [0, 0.05) is 15.6 Å². The van der Waals surface area contributed by atoms with Gasteiger partial charge in [0.25, 0.3) is 0 Å². The van der Waals surface area contributed by atoms with Gasteiger partial charge in [0.15, 0.2) is 0 Å². The zero-order valence-corrected chi connectivity index (χ0v) is 12.6. The highest BCUT2D eigenvalue weighted by molar-refractivity contribution is 9.11. The lowest BCUT2D eigenvalue weighted by atomic mass is 10.3. The lowest BCUT2D eigenvalue weighted by Crippen LogP contribution is -1.99. The van der Waals surface area contributed by atoms with Crippen molar-refractivity contribution in [2.24, 2.45) is 0 Å². The fourth-order valence-corrected chi connectivity index (χ4v) is 4.43. The Kier molecular flexibility index (Phi) is 4.25. The molecule has 90 valence electrons. The highest BCUT2D eigenvalue weighted by Gasteiger charge is 2.10. The van der Waals surface area contributed by atoms with Crippen molar-refractivity contribution in [3.63, 3.8) is 0 Å². The summed E-state index contributed by atoms with van der Waals surface area (Å²) >= 11 is 10.8. The quantitative estimate of drug-likeness (QED) is 0.848. The number of halogens is 2. The van der Waals surface area contributed by atoms with Crippen LogP contribution in [-0.4, -0.2) is 4.21 Å². The number of thiophene rings is 1. The van der Waals surface area contributed by atoms with Crippen LogP contribution in [-0.2, 0) is 16.6 Å². The number of anilines is 1. The number of benzene rings is 1. The topological polar surface area (TPSA) is 43.1 Å². The zero-order chi connectivity index (χ0) is 12.4. The summed E-state index contributed by atoms with van der Waals surface area (Å²) in [7, 11) is -1.13. The molecule has 2 N–H and O–H groups in total. The summed E-state index contributed by atoms with van der Waals surface area (Å²) in [5.41, 5.74) is 6.28. The highest BCUT2D eigenvalue weighted by Crippen LogP contribution is 2.27. The van der Waals surface area contributed by atoms with Crippen molar-refractivity contribution < 1.29 is 4.21 Å². The van der Waals surface area contributed by atoms with Crippen LogP contribution < -0.4 is 5.73 Å². The Morgan fingerprint density at radius 1 is 1.35 bits per heavy atom. The Labute approximate surface area is 119 Å². The summed E-state index contributed by atoms with van der Waals surface area (Å²) in [6.07, 6.45) is 0. The van der Waals surface area contributed by atoms with Crippen molar-refractivity contribution in [3.8, 4) is 0 Å². The Morgan fingerprint density at radius 2 is 2.12 bits per heavy atom. The van der Waals surface area contributed by atoms with Gasteiger partial charge >= 0.3 is 0 Å². The van der Waals surface area contributed by atoms with Gasteiger partial charge in [0.1, 0.15) is 0 Å². The monoisotopic (exact) mass is 349 g/mol. The number of rotatable bonds is 3. The van der Waals surface area contributed by atoms with Crippen molar-refractivity contribution in [3.05, 3.63) is 44.0 Å². The average molecular weight is 351 g/mol. The molecule has 1 unspecified atom stereocenters. The summed E-state index contributed by atoms with van der Waals surface area (Å²) in [5.74, 6) is 0.474. The minimum Gasteiger partial charge on any atom is -0.398 e. The van der Waals surface area contributed by atoms with E-state index in [4.69, 9.17) is 17.3 Å². The van der Waals surface area contributed by atoms with Gasteiger partial charge in [-0.15, -0.1) is 11.3 Å². The Balaban J connectivity index is 2.20. The molecule has 0 aliphatic carbocycles. The second-order valence-electron chi connectivity index (χ2n) is 3.38. The molecule has 1 aromatic heterocycles. The number of hydrogen-bond acceptors (Lipinski definition) is 3. The molecule has 0 spiro atoms. The van der Waals surface area contributed by atoms with Crippen LogP contribution in [0.5, 0.6) is 0 Å². The third-order valence-corrected chi connectivity index (χ3v) is 5.60. The van der Waals surface area contributed by atoms with E-state index in [1.165, 1.54) is 0 Å². The van der Waals surface area contributed by atoms with E-state index in [0.717, 1.165) is 8.66 Å². The molecule has 0 fully saturated rings. The van der Waals surface area contributed by atoms with E-state index in [-0.39, 0.29) is 0 Å². The first-order valence-electron chi connectivity index (χ1n) is 4.74. The van der Waals surface area contributed by atoms with Crippen LogP contribution in [0.3, 0.4) is 0 Å². The van der Waals surface area contributed by atoms with Crippen molar-refractivity contribution >= 4 is 55.4 Å². The molecular formula is C11H9BrClNOS2. The molecule has 17 heavy (non-hydrogen) atoms. The molecule has 2 nitrogen and oxygen atoms in total. The van der Waals surface area contributed by atoms with Gasteiger partial charge in [-0.05, 0) is 46.3 Å². The number of nitrogen functional groups attached to an aromatic ring is 1. The molecule has 0 radical (unpaired) electrons. The second kappa shape index (κ2) is 5.52. The van der Waals surface area contributed by atoms with Crippen LogP contribution in [0, 0.1) is 0 Å². The summed E-state index contributed by atoms with van der Waals surface area (Å²) in [6.45, 7) is 0. The summed E-state index contributed by atoms with van der Waals surface area (Å²) in [4.78, 5) is 1.70. The smallest absolute Gasteiger partial charge is 0.0701 e. The molecule has 1 aromatic carbocycles. The highest BCUT2D eigenvalue weighted by atomic mass is 79.9. The predicted molar refractivity (Wildman–Crippen MR) is 78.0 cm³/mol. The molecule has 0 saturated heterocycles. The standard InChI is InChI=1S/C11H9BrClNOS2/c12-11-4-2-8(16-11)6-17(15)10-3-1-7(13)5-9(10)14/h1-5H,6,14H2. The van der Waals surface area contributed by atoms with Gasteiger partial charge in [-0.2, -0.15) is 0 Å². The Morgan fingerprint density at radius 3 is 2.71 bits per heavy atom. The van der Waals surface area contributed by atoms with E-state index in [9.17, 15) is 4.21 Å². The van der Waals surface area contributed by atoms with E-state index in [1.54, 1.807) is 29.5 Å². The minimum atomic E-state index is -1.13. The van der Waals surface area contributed by atoms with Gasteiger partial charge in [-0.25, -0.2) is 0 Å². The summed E-state index contributed by atoms with van der Waals surface area (Å²) in [5, 5.41) is 0.558. The van der Waals surface area contributed by atoms with Crippen molar-refractivity contribution in [2.45, 2.75) is 10.6 Å². The van der Waals surface area contributed by atoms with Gasteiger partial charge in [0.05, 0.1) is 25.2 Å². The van der Waals surface area contributed by atoms with Crippen LogP contribution in [0.4, 0.5) is 5.69 Å². The van der Waals surface area contributed by atoms with Crippen LogP contribution in [0.2, 0.25) is 5.02 Å². The van der Waals surface area contributed by atoms with Crippen LogP contribution in [0.1, 0.15) is 4.88 Å². The third kappa shape index (κ3) is 3.31. The molecule has 0 bridgehead atoms. The molecule has 1 heterocycles. The molecule has 1 atom stereocenters. The first kappa shape index (κ1) is 13.1. The van der Waals surface area contributed by atoms with Crippen molar-refractivity contribution in [1.29, 1.82) is 0 Å². The lowest BCUT2D eigenvalue weighted by molar-refractivity contribution is 0.683. The van der Waals surface area contributed by atoms with Gasteiger partial charge in [0.2, 0.25) is 0 Å². The summed E-state index contributed by atoms with van der Waals surface area (Å²) in [6, 6.07) is 8.95. The Hall–Kier alpha value is -0.360. The summed E-state index contributed by atoms with van der Waals surface area (Å²) < 4.78 is 13.2. The largest absolute Gasteiger partial charge is 0.398 e. The maximum Gasteiger partial charge on any atom is 0.0701 e. The minimum absolute atomic E-state index is 0.474. The van der Waals surface area contributed by atoms with E-state index >= 15 is 0 Å². The van der Waals surface area contributed by atoms with Crippen molar-refractivity contribution in [1.82, 2.24) is 0 Å². The van der Waals surface area contributed by atoms with Crippen LogP contribution >= 0.6 is 38.9 Å². The first-order valence-corrected chi connectivity index (χ1v) is 8.04. The Bertz CT molecular complexity index is 570. The maximum atomic E-state index is 12.1.